The Hall–Kier alpha value is -2.12. The largest absolute Gasteiger partial charge is 0.497 e. The molecule has 1 aliphatic rings. The van der Waals surface area contributed by atoms with Crippen LogP contribution in [-0.2, 0) is 11.2 Å². The van der Waals surface area contributed by atoms with Crippen molar-refractivity contribution in [3.05, 3.63) is 59.7 Å². The standard InChI is InChI=1S/C21H26O6/c1-13-19(23)18(12-22)27-21(20(13)24)26-17-6-4-3-5-15(17)11-14-7-9-16(25-2)10-8-14/h3-10,13,18-24H,11-12H2,1-2H3/t13-,18+,19-,20+,21+/m0/s1. The molecule has 0 spiro atoms. The zero-order chi connectivity index (χ0) is 19.4. The zero-order valence-corrected chi connectivity index (χ0v) is 15.5. The predicted octanol–water partition coefficient (Wildman–Crippen LogP) is 1.74. The quantitative estimate of drug-likeness (QED) is 0.714. The zero-order valence-electron chi connectivity index (χ0n) is 15.5. The number of aliphatic hydroxyl groups is 3. The molecule has 1 saturated heterocycles. The summed E-state index contributed by atoms with van der Waals surface area (Å²) in [5, 5.41) is 29.9. The molecule has 6 nitrogen and oxygen atoms in total. The van der Waals surface area contributed by atoms with Gasteiger partial charge in [-0.3, -0.25) is 0 Å². The van der Waals surface area contributed by atoms with Crippen LogP contribution in [0, 0.1) is 5.92 Å². The maximum atomic E-state index is 10.4. The van der Waals surface area contributed by atoms with Gasteiger partial charge in [-0.15, -0.1) is 0 Å². The van der Waals surface area contributed by atoms with Crippen molar-refractivity contribution in [3.63, 3.8) is 0 Å². The molecule has 1 fully saturated rings. The summed E-state index contributed by atoms with van der Waals surface area (Å²) in [6, 6.07) is 15.3. The Morgan fingerprint density at radius 1 is 1.00 bits per heavy atom. The van der Waals surface area contributed by atoms with Gasteiger partial charge in [0.05, 0.1) is 19.8 Å². The van der Waals surface area contributed by atoms with E-state index in [0.29, 0.717) is 12.2 Å². The first-order chi connectivity index (χ1) is 13.0. The molecule has 0 aliphatic carbocycles. The van der Waals surface area contributed by atoms with Gasteiger partial charge in [-0.1, -0.05) is 37.3 Å². The number of aliphatic hydroxyl groups excluding tert-OH is 3. The molecule has 0 radical (unpaired) electrons. The lowest BCUT2D eigenvalue weighted by atomic mass is 9.91. The molecule has 0 amide bonds. The highest BCUT2D eigenvalue weighted by atomic mass is 16.7. The van der Waals surface area contributed by atoms with Gasteiger partial charge in [0.2, 0.25) is 6.29 Å². The number of ether oxygens (including phenoxy) is 3. The molecule has 1 aliphatic heterocycles. The third kappa shape index (κ3) is 4.42. The van der Waals surface area contributed by atoms with Crippen molar-refractivity contribution in [2.45, 2.75) is 37.9 Å². The second-order valence-electron chi connectivity index (χ2n) is 6.82. The van der Waals surface area contributed by atoms with Crippen molar-refractivity contribution in [1.29, 1.82) is 0 Å². The summed E-state index contributed by atoms with van der Waals surface area (Å²) in [4.78, 5) is 0. The molecule has 27 heavy (non-hydrogen) atoms. The minimum atomic E-state index is -1.00. The molecule has 3 rings (SSSR count). The number of benzene rings is 2. The molecule has 0 aromatic heterocycles. The highest BCUT2D eigenvalue weighted by Gasteiger charge is 2.43. The lowest BCUT2D eigenvalue weighted by Gasteiger charge is -2.40. The molecule has 0 bridgehead atoms. The number of methoxy groups -OCH3 is 1. The second kappa shape index (κ2) is 8.71. The van der Waals surface area contributed by atoms with Crippen molar-refractivity contribution in [1.82, 2.24) is 0 Å². The van der Waals surface area contributed by atoms with E-state index in [-0.39, 0.29) is 6.61 Å². The Labute approximate surface area is 158 Å². The summed E-state index contributed by atoms with van der Waals surface area (Å²) in [7, 11) is 1.63. The lowest BCUT2D eigenvalue weighted by molar-refractivity contribution is -0.261. The van der Waals surface area contributed by atoms with Crippen LogP contribution >= 0.6 is 0 Å². The summed E-state index contributed by atoms with van der Waals surface area (Å²) in [5.74, 6) is 0.914. The molecule has 0 unspecified atom stereocenters. The van der Waals surface area contributed by atoms with Crippen molar-refractivity contribution in [2.75, 3.05) is 13.7 Å². The highest BCUT2D eigenvalue weighted by molar-refractivity contribution is 5.39. The average molecular weight is 374 g/mol. The predicted molar refractivity (Wildman–Crippen MR) is 99.8 cm³/mol. The number of rotatable bonds is 6. The molecule has 6 heteroatoms. The van der Waals surface area contributed by atoms with Crippen LogP contribution in [0.5, 0.6) is 11.5 Å². The molecular formula is C21H26O6. The Morgan fingerprint density at radius 3 is 2.37 bits per heavy atom. The van der Waals surface area contributed by atoms with Gasteiger partial charge >= 0.3 is 0 Å². The fourth-order valence-corrected chi connectivity index (χ4v) is 3.22. The van der Waals surface area contributed by atoms with Crippen LogP contribution in [-0.4, -0.2) is 53.6 Å². The van der Waals surface area contributed by atoms with Crippen LogP contribution in [0.1, 0.15) is 18.1 Å². The van der Waals surface area contributed by atoms with Gasteiger partial charge in [-0.25, -0.2) is 0 Å². The summed E-state index contributed by atoms with van der Waals surface area (Å²) in [5.41, 5.74) is 2.03. The first-order valence-corrected chi connectivity index (χ1v) is 9.03. The molecule has 5 atom stereocenters. The molecule has 2 aromatic carbocycles. The van der Waals surface area contributed by atoms with E-state index in [1.165, 1.54) is 0 Å². The number of para-hydroxylation sites is 1. The van der Waals surface area contributed by atoms with E-state index in [2.05, 4.69) is 0 Å². The SMILES string of the molecule is COc1ccc(Cc2ccccc2O[C@@H]2O[C@H](CO)[C@@H](O)[C@H](C)[C@H]2O)cc1. The minimum Gasteiger partial charge on any atom is -0.497 e. The van der Waals surface area contributed by atoms with Gasteiger partial charge in [0.15, 0.2) is 0 Å². The average Bonchev–Trinajstić information content (AvgIpc) is 2.70. The highest BCUT2D eigenvalue weighted by Crippen LogP contribution is 2.30. The molecule has 1 heterocycles. The Bertz CT molecular complexity index is 730. The summed E-state index contributed by atoms with van der Waals surface area (Å²) < 4.78 is 16.7. The third-order valence-corrected chi connectivity index (χ3v) is 5.00. The van der Waals surface area contributed by atoms with Crippen molar-refractivity contribution >= 4 is 0 Å². The maximum Gasteiger partial charge on any atom is 0.226 e. The fourth-order valence-electron chi connectivity index (χ4n) is 3.22. The molecule has 146 valence electrons. The first-order valence-electron chi connectivity index (χ1n) is 9.03. The first kappa shape index (κ1) is 19.6. The molecule has 0 saturated carbocycles. The number of hydrogen-bond donors (Lipinski definition) is 3. The Kier molecular flexibility index (Phi) is 6.34. The third-order valence-electron chi connectivity index (χ3n) is 5.00. The lowest BCUT2D eigenvalue weighted by Crippen LogP contribution is -2.56. The van der Waals surface area contributed by atoms with Gasteiger partial charge < -0.3 is 29.5 Å². The van der Waals surface area contributed by atoms with Crippen LogP contribution in [0.15, 0.2) is 48.5 Å². The Balaban J connectivity index is 1.77. The van der Waals surface area contributed by atoms with Crippen LogP contribution in [0.2, 0.25) is 0 Å². The van der Waals surface area contributed by atoms with Crippen LogP contribution in [0.3, 0.4) is 0 Å². The Morgan fingerprint density at radius 2 is 1.70 bits per heavy atom. The topological polar surface area (TPSA) is 88.4 Å². The van der Waals surface area contributed by atoms with Gasteiger partial charge in [-0.2, -0.15) is 0 Å². The van der Waals surface area contributed by atoms with Crippen molar-refractivity contribution in [3.8, 4) is 11.5 Å². The van der Waals surface area contributed by atoms with E-state index in [4.69, 9.17) is 14.2 Å². The van der Waals surface area contributed by atoms with E-state index in [1.54, 1.807) is 14.0 Å². The van der Waals surface area contributed by atoms with Gasteiger partial charge in [0.1, 0.15) is 23.7 Å². The van der Waals surface area contributed by atoms with Gasteiger partial charge in [0, 0.05) is 12.3 Å². The van der Waals surface area contributed by atoms with Crippen LogP contribution in [0.25, 0.3) is 0 Å². The molecule has 3 N–H and O–H groups in total. The summed E-state index contributed by atoms with van der Waals surface area (Å²) >= 11 is 0. The van der Waals surface area contributed by atoms with E-state index in [1.807, 2.05) is 48.5 Å². The second-order valence-corrected chi connectivity index (χ2v) is 6.82. The van der Waals surface area contributed by atoms with Crippen molar-refractivity contribution in [2.24, 2.45) is 5.92 Å². The van der Waals surface area contributed by atoms with E-state index in [0.717, 1.165) is 16.9 Å². The smallest absolute Gasteiger partial charge is 0.226 e. The summed E-state index contributed by atoms with van der Waals surface area (Å²) in [6.45, 7) is 1.37. The fraction of sp³-hybridized carbons (Fsp3) is 0.429. The molecule has 2 aromatic rings. The van der Waals surface area contributed by atoms with E-state index < -0.39 is 30.5 Å². The van der Waals surface area contributed by atoms with Crippen LogP contribution in [0.4, 0.5) is 0 Å². The van der Waals surface area contributed by atoms with Gasteiger partial charge in [0.25, 0.3) is 0 Å². The maximum absolute atomic E-state index is 10.4. The minimum absolute atomic E-state index is 0.342. The normalized spacial score (nSPS) is 28.0. The number of hydrogen-bond acceptors (Lipinski definition) is 6. The monoisotopic (exact) mass is 374 g/mol. The van der Waals surface area contributed by atoms with E-state index >= 15 is 0 Å². The van der Waals surface area contributed by atoms with E-state index in [9.17, 15) is 15.3 Å². The van der Waals surface area contributed by atoms with Crippen molar-refractivity contribution < 1.29 is 29.5 Å². The van der Waals surface area contributed by atoms with Gasteiger partial charge in [-0.05, 0) is 29.3 Å². The summed E-state index contributed by atoms with van der Waals surface area (Å²) in [6.07, 6.45) is -3.05. The molecular weight excluding hydrogens is 348 g/mol. The van der Waals surface area contributed by atoms with Crippen LogP contribution < -0.4 is 9.47 Å².